The van der Waals surface area contributed by atoms with Gasteiger partial charge in [0.2, 0.25) is 5.91 Å². The summed E-state index contributed by atoms with van der Waals surface area (Å²) in [6.45, 7) is 4.93. The molecule has 1 aliphatic heterocycles. The lowest BCUT2D eigenvalue weighted by molar-refractivity contribution is -0.134. The van der Waals surface area contributed by atoms with Gasteiger partial charge in [0, 0.05) is 25.6 Å². The molecule has 3 rings (SSSR count). The van der Waals surface area contributed by atoms with Crippen LogP contribution in [0.25, 0.3) is 0 Å². The molecule has 1 heterocycles. The van der Waals surface area contributed by atoms with Crippen molar-refractivity contribution < 1.29 is 13.2 Å². The van der Waals surface area contributed by atoms with Gasteiger partial charge in [-0.15, -0.1) is 0 Å². The Hall–Kier alpha value is -2.34. The number of sulfonamides is 1. The van der Waals surface area contributed by atoms with Crippen molar-refractivity contribution in [2.24, 2.45) is 0 Å². The van der Waals surface area contributed by atoms with Gasteiger partial charge < -0.3 is 4.90 Å². The van der Waals surface area contributed by atoms with Crippen molar-refractivity contribution in [3.05, 3.63) is 60.2 Å². The highest BCUT2D eigenvalue weighted by Gasteiger charge is 2.29. The number of piperidine rings is 1. The lowest BCUT2D eigenvalue weighted by atomic mass is 9.99. The summed E-state index contributed by atoms with van der Waals surface area (Å²) in [7, 11) is -3.75. The van der Waals surface area contributed by atoms with Crippen molar-refractivity contribution in [2.75, 3.05) is 17.4 Å². The van der Waals surface area contributed by atoms with E-state index in [0.717, 1.165) is 37.8 Å². The number of para-hydroxylation sites is 1. The summed E-state index contributed by atoms with van der Waals surface area (Å²) < 4.78 is 28.1. The average Bonchev–Trinajstić information content (AvgIpc) is 2.74. The highest BCUT2D eigenvalue weighted by atomic mass is 32.2. The minimum Gasteiger partial charge on any atom is -0.340 e. The molecule has 29 heavy (non-hydrogen) atoms. The lowest BCUT2D eigenvalue weighted by Crippen LogP contribution is -2.45. The molecule has 1 unspecified atom stereocenters. The van der Waals surface area contributed by atoms with Crippen LogP contribution in [0.3, 0.4) is 0 Å². The summed E-state index contributed by atoms with van der Waals surface area (Å²) in [4.78, 5) is 15.1. The molecule has 0 bridgehead atoms. The second-order valence-corrected chi connectivity index (χ2v) is 9.48. The number of benzene rings is 2. The molecule has 2 aromatic rings. The van der Waals surface area contributed by atoms with Crippen LogP contribution in [-0.4, -0.2) is 38.4 Å². The predicted octanol–water partition coefficient (Wildman–Crippen LogP) is 4.37. The summed E-state index contributed by atoms with van der Waals surface area (Å²) in [5, 5.41) is 0. The van der Waals surface area contributed by atoms with E-state index in [0.29, 0.717) is 5.69 Å². The van der Waals surface area contributed by atoms with Crippen molar-refractivity contribution in [1.82, 2.24) is 4.90 Å². The van der Waals surface area contributed by atoms with Crippen LogP contribution in [0, 0.1) is 6.92 Å². The van der Waals surface area contributed by atoms with Crippen molar-refractivity contribution >= 4 is 21.6 Å². The van der Waals surface area contributed by atoms with E-state index in [1.54, 1.807) is 36.4 Å². The first kappa shape index (κ1) is 21.4. The van der Waals surface area contributed by atoms with Gasteiger partial charge in [-0.1, -0.05) is 42.8 Å². The van der Waals surface area contributed by atoms with Crippen molar-refractivity contribution in [3.63, 3.8) is 0 Å². The minimum atomic E-state index is -3.75. The number of hydrogen-bond donors (Lipinski definition) is 0. The number of amides is 1. The third-order valence-electron chi connectivity index (χ3n) is 5.60. The van der Waals surface area contributed by atoms with Gasteiger partial charge in [0.15, 0.2) is 0 Å². The molecule has 2 aromatic carbocycles. The molecule has 1 fully saturated rings. The van der Waals surface area contributed by atoms with Gasteiger partial charge >= 0.3 is 0 Å². The summed E-state index contributed by atoms with van der Waals surface area (Å²) >= 11 is 0. The number of hydrogen-bond acceptors (Lipinski definition) is 3. The third kappa shape index (κ3) is 4.99. The fraction of sp³-hybridized carbons (Fsp3) is 0.435. The smallest absolute Gasteiger partial charge is 0.264 e. The number of carbonyl (C=O) groups is 1. The number of likely N-dealkylation sites (tertiary alicyclic amines) is 1. The molecule has 0 aliphatic carbocycles. The van der Waals surface area contributed by atoms with Gasteiger partial charge in [0.05, 0.1) is 10.6 Å². The second kappa shape index (κ2) is 9.44. The number of aryl methyl sites for hydroxylation is 1. The van der Waals surface area contributed by atoms with E-state index < -0.39 is 10.0 Å². The summed E-state index contributed by atoms with van der Waals surface area (Å²) in [5.41, 5.74) is 1.58. The quantitative estimate of drug-likeness (QED) is 0.676. The maximum absolute atomic E-state index is 13.4. The van der Waals surface area contributed by atoms with Gasteiger partial charge in [-0.3, -0.25) is 9.10 Å². The lowest BCUT2D eigenvalue weighted by Gasteiger charge is -2.36. The average molecular weight is 415 g/mol. The molecular weight excluding hydrogens is 384 g/mol. The van der Waals surface area contributed by atoms with Crippen LogP contribution in [-0.2, 0) is 14.8 Å². The molecule has 0 radical (unpaired) electrons. The maximum Gasteiger partial charge on any atom is 0.264 e. The molecule has 0 N–H and O–H groups in total. The Labute approximate surface area is 174 Å². The normalized spacial score (nSPS) is 17.2. The minimum absolute atomic E-state index is 0.0385. The SMILES string of the molecule is CCC1CCCCN1C(=O)CCN(c1ccccc1)S(=O)(=O)c1ccc(C)cc1. The van der Waals surface area contributed by atoms with Crippen molar-refractivity contribution in [3.8, 4) is 0 Å². The maximum atomic E-state index is 13.4. The second-order valence-electron chi connectivity index (χ2n) is 7.62. The molecule has 1 aliphatic rings. The van der Waals surface area contributed by atoms with E-state index in [1.165, 1.54) is 4.31 Å². The van der Waals surface area contributed by atoms with Gasteiger partial charge in [-0.25, -0.2) is 8.42 Å². The Balaban J connectivity index is 1.83. The molecule has 0 aromatic heterocycles. The van der Waals surface area contributed by atoms with E-state index in [-0.39, 0.29) is 29.8 Å². The molecule has 5 nitrogen and oxygen atoms in total. The van der Waals surface area contributed by atoms with Crippen LogP contribution in [0.1, 0.15) is 44.6 Å². The first-order chi connectivity index (χ1) is 13.9. The number of carbonyl (C=O) groups excluding carboxylic acids is 1. The molecule has 0 saturated carbocycles. The van der Waals surface area contributed by atoms with E-state index in [2.05, 4.69) is 6.92 Å². The van der Waals surface area contributed by atoms with Crippen LogP contribution in [0.4, 0.5) is 5.69 Å². The van der Waals surface area contributed by atoms with E-state index in [1.807, 2.05) is 30.0 Å². The van der Waals surface area contributed by atoms with Crippen LogP contribution in [0.5, 0.6) is 0 Å². The molecule has 6 heteroatoms. The third-order valence-corrected chi connectivity index (χ3v) is 7.44. The van der Waals surface area contributed by atoms with Gasteiger partial charge in [-0.05, 0) is 56.9 Å². The van der Waals surface area contributed by atoms with Gasteiger partial charge in [0.25, 0.3) is 10.0 Å². The van der Waals surface area contributed by atoms with Crippen molar-refractivity contribution in [2.45, 2.75) is 56.9 Å². The van der Waals surface area contributed by atoms with E-state index in [4.69, 9.17) is 0 Å². The zero-order valence-corrected chi connectivity index (χ0v) is 18.1. The number of nitrogens with zero attached hydrogens (tertiary/aromatic N) is 2. The molecule has 0 spiro atoms. The first-order valence-corrected chi connectivity index (χ1v) is 11.8. The highest BCUT2D eigenvalue weighted by Crippen LogP contribution is 2.25. The van der Waals surface area contributed by atoms with E-state index in [9.17, 15) is 13.2 Å². The zero-order chi connectivity index (χ0) is 20.9. The fourth-order valence-corrected chi connectivity index (χ4v) is 5.38. The number of anilines is 1. The molecular formula is C23H30N2O3S. The predicted molar refractivity (Wildman–Crippen MR) is 116 cm³/mol. The monoisotopic (exact) mass is 414 g/mol. The fourth-order valence-electron chi connectivity index (χ4n) is 3.91. The summed E-state index contributed by atoms with van der Waals surface area (Å²) in [6.07, 6.45) is 4.32. The summed E-state index contributed by atoms with van der Waals surface area (Å²) in [5.74, 6) is 0.0385. The van der Waals surface area contributed by atoms with Gasteiger partial charge in [-0.2, -0.15) is 0 Å². The van der Waals surface area contributed by atoms with Crippen molar-refractivity contribution in [1.29, 1.82) is 0 Å². The first-order valence-electron chi connectivity index (χ1n) is 10.4. The van der Waals surface area contributed by atoms with Crippen LogP contribution in [0.15, 0.2) is 59.5 Å². The standard InChI is InChI=1S/C23H30N2O3S/c1-3-20-9-7-8-17-24(20)23(26)16-18-25(21-10-5-4-6-11-21)29(27,28)22-14-12-19(2)13-15-22/h4-6,10-15,20H,3,7-9,16-18H2,1-2H3. The molecule has 1 amide bonds. The number of rotatable bonds is 7. The Morgan fingerprint density at radius 1 is 1.07 bits per heavy atom. The van der Waals surface area contributed by atoms with Crippen LogP contribution in [0.2, 0.25) is 0 Å². The molecule has 156 valence electrons. The molecule has 1 saturated heterocycles. The summed E-state index contributed by atoms with van der Waals surface area (Å²) in [6, 6.07) is 16.1. The van der Waals surface area contributed by atoms with Crippen LogP contribution < -0.4 is 4.31 Å². The van der Waals surface area contributed by atoms with Gasteiger partial charge in [0.1, 0.15) is 0 Å². The Kier molecular flexibility index (Phi) is 6.96. The topological polar surface area (TPSA) is 57.7 Å². The molecule has 1 atom stereocenters. The highest BCUT2D eigenvalue weighted by molar-refractivity contribution is 7.92. The Bertz CT molecular complexity index is 911. The van der Waals surface area contributed by atoms with Crippen LogP contribution >= 0.6 is 0 Å². The Morgan fingerprint density at radius 3 is 2.41 bits per heavy atom. The largest absolute Gasteiger partial charge is 0.340 e. The zero-order valence-electron chi connectivity index (χ0n) is 17.3. The Morgan fingerprint density at radius 2 is 1.76 bits per heavy atom. The van der Waals surface area contributed by atoms with E-state index >= 15 is 0 Å².